The van der Waals surface area contributed by atoms with Crippen molar-refractivity contribution in [2.75, 3.05) is 5.32 Å². The van der Waals surface area contributed by atoms with Crippen LogP contribution in [0.25, 0.3) is 6.08 Å². The van der Waals surface area contributed by atoms with E-state index in [1.807, 2.05) is 13.0 Å². The van der Waals surface area contributed by atoms with Gasteiger partial charge in [0.15, 0.2) is 0 Å². The van der Waals surface area contributed by atoms with Crippen LogP contribution in [0.3, 0.4) is 0 Å². The summed E-state index contributed by atoms with van der Waals surface area (Å²) in [6, 6.07) is 5.33. The van der Waals surface area contributed by atoms with Gasteiger partial charge in [-0.3, -0.25) is 4.79 Å². The van der Waals surface area contributed by atoms with Crippen molar-refractivity contribution < 1.29 is 14.7 Å². The summed E-state index contributed by atoms with van der Waals surface area (Å²) in [5.41, 5.74) is 2.66. The molecule has 0 unspecified atom stereocenters. The molecule has 1 heterocycles. The minimum Gasteiger partial charge on any atom is -0.478 e. The van der Waals surface area contributed by atoms with Gasteiger partial charge in [-0.25, -0.2) is 9.78 Å². The highest BCUT2D eigenvalue weighted by atomic mass is 16.4. The average Bonchev–Trinajstić information content (AvgIpc) is 2.86. The van der Waals surface area contributed by atoms with Crippen molar-refractivity contribution in [1.29, 1.82) is 0 Å². The monoisotopic (exact) mass is 285 g/mol. The summed E-state index contributed by atoms with van der Waals surface area (Å²) in [6.45, 7) is 1.86. The molecule has 6 nitrogen and oxygen atoms in total. The zero-order valence-electron chi connectivity index (χ0n) is 11.7. The normalized spacial score (nSPS) is 10.8. The van der Waals surface area contributed by atoms with Crippen LogP contribution in [0.2, 0.25) is 0 Å². The maximum absolute atomic E-state index is 12.1. The Bertz CT molecular complexity index is 717. The zero-order chi connectivity index (χ0) is 15.4. The fourth-order valence-corrected chi connectivity index (χ4v) is 1.81. The van der Waals surface area contributed by atoms with E-state index in [1.165, 1.54) is 12.3 Å². The van der Waals surface area contributed by atoms with E-state index in [0.29, 0.717) is 16.9 Å². The number of carbonyl (C=O) groups is 2. The molecule has 0 radical (unpaired) electrons. The standard InChI is InChI=1S/C15H15N3O3/c1-10-3-4-11(5-6-14(19)20)7-12(10)17-15(21)13-8-16-9-18(13)2/h3-9H,1-2H3,(H,17,21)(H,19,20)/b6-5+. The van der Waals surface area contributed by atoms with Gasteiger partial charge < -0.3 is 15.0 Å². The Balaban J connectivity index is 2.23. The van der Waals surface area contributed by atoms with Crippen LogP contribution in [0, 0.1) is 6.92 Å². The van der Waals surface area contributed by atoms with E-state index >= 15 is 0 Å². The molecule has 0 bridgehead atoms. The lowest BCUT2D eigenvalue weighted by Gasteiger charge is -2.09. The first kappa shape index (κ1) is 14.5. The molecular formula is C15H15N3O3. The summed E-state index contributed by atoms with van der Waals surface area (Å²) >= 11 is 0. The summed E-state index contributed by atoms with van der Waals surface area (Å²) in [6.07, 6.45) is 5.56. The molecule has 2 rings (SSSR count). The molecule has 2 aromatic rings. The number of amides is 1. The lowest BCUT2D eigenvalue weighted by atomic mass is 10.1. The molecule has 0 fully saturated rings. The highest BCUT2D eigenvalue weighted by Gasteiger charge is 2.11. The summed E-state index contributed by atoms with van der Waals surface area (Å²) in [5, 5.41) is 11.4. The molecule has 108 valence electrons. The van der Waals surface area contributed by atoms with Crippen molar-refractivity contribution in [2.24, 2.45) is 7.05 Å². The van der Waals surface area contributed by atoms with Crippen LogP contribution in [-0.2, 0) is 11.8 Å². The predicted molar refractivity (Wildman–Crippen MR) is 79.0 cm³/mol. The van der Waals surface area contributed by atoms with Crippen molar-refractivity contribution in [3.05, 3.63) is 53.6 Å². The molecule has 0 saturated heterocycles. The second-order valence-corrected chi connectivity index (χ2v) is 4.59. The van der Waals surface area contributed by atoms with Crippen molar-refractivity contribution in [3.8, 4) is 0 Å². The van der Waals surface area contributed by atoms with Gasteiger partial charge in [-0.15, -0.1) is 0 Å². The summed E-state index contributed by atoms with van der Waals surface area (Å²) < 4.78 is 1.62. The Hall–Kier alpha value is -2.89. The second kappa shape index (κ2) is 6.04. The zero-order valence-corrected chi connectivity index (χ0v) is 11.7. The van der Waals surface area contributed by atoms with E-state index in [0.717, 1.165) is 11.6 Å². The van der Waals surface area contributed by atoms with E-state index in [2.05, 4.69) is 10.3 Å². The molecule has 0 aliphatic carbocycles. The third-order valence-corrected chi connectivity index (χ3v) is 2.98. The Morgan fingerprint density at radius 3 is 2.76 bits per heavy atom. The molecule has 0 aliphatic rings. The smallest absolute Gasteiger partial charge is 0.328 e. The number of imidazole rings is 1. The SMILES string of the molecule is Cc1ccc(/C=C/C(=O)O)cc1NC(=O)c1cncn1C. The average molecular weight is 285 g/mol. The van der Waals surface area contributed by atoms with E-state index in [-0.39, 0.29) is 5.91 Å². The number of carboxylic acid groups (broad SMARTS) is 1. The minimum atomic E-state index is -1.02. The van der Waals surface area contributed by atoms with Gasteiger partial charge in [-0.2, -0.15) is 0 Å². The van der Waals surface area contributed by atoms with Crippen molar-refractivity contribution in [3.63, 3.8) is 0 Å². The Morgan fingerprint density at radius 1 is 1.38 bits per heavy atom. The maximum Gasteiger partial charge on any atom is 0.328 e. The Kier molecular flexibility index (Phi) is 4.18. The third kappa shape index (κ3) is 3.56. The van der Waals surface area contributed by atoms with Gasteiger partial charge in [-0.1, -0.05) is 12.1 Å². The van der Waals surface area contributed by atoms with Crippen molar-refractivity contribution in [2.45, 2.75) is 6.92 Å². The van der Waals surface area contributed by atoms with Gasteiger partial charge in [0.1, 0.15) is 5.69 Å². The number of carbonyl (C=O) groups excluding carboxylic acids is 1. The number of aryl methyl sites for hydroxylation is 2. The first-order valence-electron chi connectivity index (χ1n) is 6.26. The molecule has 2 N–H and O–H groups in total. The van der Waals surface area contributed by atoms with Gasteiger partial charge >= 0.3 is 5.97 Å². The maximum atomic E-state index is 12.1. The highest BCUT2D eigenvalue weighted by molar-refractivity contribution is 6.03. The van der Waals surface area contributed by atoms with E-state index in [1.54, 1.807) is 30.1 Å². The van der Waals surface area contributed by atoms with E-state index in [9.17, 15) is 9.59 Å². The molecule has 0 spiro atoms. The third-order valence-electron chi connectivity index (χ3n) is 2.98. The quantitative estimate of drug-likeness (QED) is 0.842. The lowest BCUT2D eigenvalue weighted by molar-refractivity contribution is -0.131. The van der Waals surface area contributed by atoms with Crippen LogP contribution in [0.4, 0.5) is 5.69 Å². The number of hydrogen-bond donors (Lipinski definition) is 2. The number of benzene rings is 1. The summed E-state index contributed by atoms with van der Waals surface area (Å²) in [7, 11) is 1.74. The molecule has 21 heavy (non-hydrogen) atoms. The van der Waals surface area contributed by atoms with Crippen LogP contribution in [-0.4, -0.2) is 26.5 Å². The predicted octanol–water partition coefficient (Wildman–Crippen LogP) is 2.08. The van der Waals surface area contributed by atoms with Crippen LogP contribution in [0.15, 0.2) is 36.8 Å². The number of carboxylic acids is 1. The van der Waals surface area contributed by atoms with Crippen LogP contribution in [0.5, 0.6) is 0 Å². The van der Waals surface area contributed by atoms with E-state index in [4.69, 9.17) is 5.11 Å². The fourth-order valence-electron chi connectivity index (χ4n) is 1.81. The number of hydrogen-bond acceptors (Lipinski definition) is 3. The molecule has 0 aliphatic heterocycles. The Labute approximate surface area is 121 Å². The van der Waals surface area contributed by atoms with Crippen molar-refractivity contribution >= 4 is 23.6 Å². The summed E-state index contributed by atoms with van der Waals surface area (Å²) in [4.78, 5) is 26.6. The second-order valence-electron chi connectivity index (χ2n) is 4.59. The first-order valence-corrected chi connectivity index (χ1v) is 6.26. The van der Waals surface area contributed by atoms with Crippen LogP contribution < -0.4 is 5.32 Å². The van der Waals surface area contributed by atoms with Gasteiger partial charge in [0.05, 0.1) is 12.5 Å². The molecule has 0 atom stereocenters. The molecule has 1 aromatic heterocycles. The lowest BCUT2D eigenvalue weighted by Crippen LogP contribution is -2.16. The number of anilines is 1. The Morgan fingerprint density at radius 2 is 2.14 bits per heavy atom. The van der Waals surface area contributed by atoms with Gasteiger partial charge in [-0.05, 0) is 30.2 Å². The topological polar surface area (TPSA) is 84.2 Å². The fraction of sp³-hybridized carbons (Fsp3) is 0.133. The number of aliphatic carboxylic acids is 1. The summed E-state index contributed by atoms with van der Waals surface area (Å²) in [5.74, 6) is -1.28. The molecule has 0 saturated carbocycles. The van der Waals surface area contributed by atoms with Crippen molar-refractivity contribution in [1.82, 2.24) is 9.55 Å². The number of nitrogens with one attached hydrogen (secondary N) is 1. The number of nitrogens with zero attached hydrogens (tertiary/aromatic N) is 2. The van der Waals surface area contributed by atoms with E-state index < -0.39 is 5.97 Å². The highest BCUT2D eigenvalue weighted by Crippen LogP contribution is 2.18. The number of rotatable bonds is 4. The number of aromatic nitrogens is 2. The van der Waals surface area contributed by atoms with Gasteiger partial charge in [0.2, 0.25) is 0 Å². The van der Waals surface area contributed by atoms with Crippen LogP contribution >= 0.6 is 0 Å². The van der Waals surface area contributed by atoms with Gasteiger partial charge in [0, 0.05) is 18.8 Å². The van der Waals surface area contributed by atoms with Gasteiger partial charge in [0.25, 0.3) is 5.91 Å². The molecule has 1 aromatic carbocycles. The molecule has 6 heteroatoms. The molecular weight excluding hydrogens is 270 g/mol. The largest absolute Gasteiger partial charge is 0.478 e. The first-order chi connectivity index (χ1) is 9.97. The minimum absolute atomic E-state index is 0.266. The van der Waals surface area contributed by atoms with Crippen LogP contribution in [0.1, 0.15) is 21.6 Å². The molecule has 1 amide bonds.